The number of pyridine rings is 1. The molecular weight excluding hydrogens is 406 g/mol. The molecule has 0 saturated carbocycles. The Hall–Kier alpha value is -3.42. The fourth-order valence-electron chi connectivity index (χ4n) is 4.39. The lowest BCUT2D eigenvalue weighted by Crippen LogP contribution is -2.51. The number of aromatic nitrogens is 1. The van der Waals surface area contributed by atoms with Gasteiger partial charge in [-0.15, -0.1) is 0 Å². The van der Waals surface area contributed by atoms with E-state index in [1.54, 1.807) is 27.5 Å². The molecule has 1 N–H and O–H groups in total. The van der Waals surface area contributed by atoms with Crippen molar-refractivity contribution in [3.8, 4) is 0 Å². The Morgan fingerprint density at radius 1 is 1.12 bits per heavy atom. The minimum Gasteiger partial charge on any atom is -0.349 e. The van der Waals surface area contributed by atoms with Gasteiger partial charge < -0.3 is 14.4 Å². The van der Waals surface area contributed by atoms with Crippen molar-refractivity contribution < 1.29 is 9.59 Å². The standard InChI is InChI=1S/C24H29N5O3/c1-16-10-13-29(17(2)18-8-6-5-7-9-18)21(31)19(16)20(30)28-14-11-24(12-15-28)22(32)25-23(26-24)27(3)4/h5-10,13,17H,11-12,14-15H2,1-4H3,(H,25,26,32). The lowest BCUT2D eigenvalue weighted by atomic mass is 9.87. The van der Waals surface area contributed by atoms with E-state index in [1.807, 2.05) is 57.4 Å². The van der Waals surface area contributed by atoms with Crippen LogP contribution in [-0.4, -0.2) is 64.9 Å². The Balaban J connectivity index is 1.57. The van der Waals surface area contributed by atoms with E-state index in [1.165, 1.54) is 0 Å². The Bertz CT molecular complexity index is 1130. The van der Waals surface area contributed by atoms with E-state index >= 15 is 0 Å². The van der Waals surface area contributed by atoms with Crippen LogP contribution in [0.5, 0.6) is 0 Å². The van der Waals surface area contributed by atoms with Crippen LogP contribution in [0.15, 0.2) is 52.4 Å². The lowest BCUT2D eigenvalue weighted by Gasteiger charge is -2.35. The Kier molecular flexibility index (Phi) is 5.62. The lowest BCUT2D eigenvalue weighted by molar-refractivity contribution is -0.125. The fraction of sp³-hybridized carbons (Fsp3) is 0.417. The third-order valence-corrected chi connectivity index (χ3v) is 6.51. The molecule has 1 atom stereocenters. The molecule has 2 aliphatic heterocycles. The zero-order chi connectivity index (χ0) is 23.0. The molecule has 4 rings (SSSR count). The maximum atomic E-state index is 13.4. The van der Waals surface area contributed by atoms with E-state index in [2.05, 4.69) is 10.3 Å². The van der Waals surface area contributed by atoms with Crippen molar-refractivity contribution in [1.82, 2.24) is 19.7 Å². The molecule has 1 saturated heterocycles. The molecule has 1 aromatic carbocycles. The monoisotopic (exact) mass is 435 g/mol. The van der Waals surface area contributed by atoms with Gasteiger partial charge in [-0.25, -0.2) is 4.99 Å². The van der Waals surface area contributed by atoms with E-state index in [-0.39, 0.29) is 29.0 Å². The van der Waals surface area contributed by atoms with Crippen LogP contribution in [-0.2, 0) is 4.79 Å². The van der Waals surface area contributed by atoms with Gasteiger partial charge in [0.25, 0.3) is 17.4 Å². The van der Waals surface area contributed by atoms with Crippen LogP contribution in [0.2, 0.25) is 0 Å². The van der Waals surface area contributed by atoms with Crippen molar-refractivity contribution in [3.05, 3.63) is 69.6 Å². The molecule has 0 aliphatic carbocycles. The van der Waals surface area contributed by atoms with Crippen molar-refractivity contribution in [3.63, 3.8) is 0 Å². The van der Waals surface area contributed by atoms with E-state index in [0.29, 0.717) is 37.5 Å². The van der Waals surface area contributed by atoms with Crippen molar-refractivity contribution in [2.24, 2.45) is 4.99 Å². The maximum absolute atomic E-state index is 13.4. The number of hydrogen-bond acceptors (Lipinski definition) is 5. The predicted molar refractivity (Wildman–Crippen MR) is 123 cm³/mol. The summed E-state index contributed by atoms with van der Waals surface area (Å²) in [7, 11) is 3.66. The second-order valence-corrected chi connectivity index (χ2v) is 8.78. The number of carbonyl (C=O) groups excluding carboxylic acids is 2. The number of likely N-dealkylation sites (tertiary alicyclic amines) is 1. The van der Waals surface area contributed by atoms with Gasteiger partial charge in [-0.2, -0.15) is 0 Å². The van der Waals surface area contributed by atoms with Gasteiger partial charge in [0.05, 0.1) is 6.04 Å². The van der Waals surface area contributed by atoms with Crippen molar-refractivity contribution in [2.75, 3.05) is 27.2 Å². The molecule has 1 aromatic heterocycles. The minimum atomic E-state index is -0.829. The number of benzene rings is 1. The van der Waals surface area contributed by atoms with Gasteiger partial charge in [-0.05, 0) is 43.9 Å². The number of rotatable bonds is 3. The second-order valence-electron chi connectivity index (χ2n) is 8.78. The molecule has 2 amide bonds. The molecule has 32 heavy (non-hydrogen) atoms. The summed E-state index contributed by atoms with van der Waals surface area (Å²) in [6.07, 6.45) is 2.61. The Morgan fingerprint density at radius 2 is 1.78 bits per heavy atom. The number of carbonyl (C=O) groups is 2. The van der Waals surface area contributed by atoms with Crippen molar-refractivity contribution >= 4 is 17.8 Å². The summed E-state index contributed by atoms with van der Waals surface area (Å²) in [6.45, 7) is 4.48. The zero-order valence-electron chi connectivity index (χ0n) is 19.0. The molecule has 0 bridgehead atoms. The molecule has 8 heteroatoms. The highest BCUT2D eigenvalue weighted by molar-refractivity contribution is 6.07. The first-order valence-electron chi connectivity index (χ1n) is 10.9. The van der Waals surface area contributed by atoms with Gasteiger partial charge in [-0.1, -0.05) is 30.3 Å². The van der Waals surface area contributed by atoms with Crippen LogP contribution < -0.4 is 10.9 Å². The van der Waals surface area contributed by atoms with Crippen molar-refractivity contribution in [1.29, 1.82) is 0 Å². The number of amides is 2. The highest BCUT2D eigenvalue weighted by Crippen LogP contribution is 2.31. The molecule has 3 heterocycles. The number of guanidine groups is 1. The molecule has 0 radical (unpaired) electrons. The van der Waals surface area contributed by atoms with Crippen LogP contribution in [0.3, 0.4) is 0 Å². The molecule has 168 valence electrons. The summed E-state index contributed by atoms with van der Waals surface area (Å²) >= 11 is 0. The smallest absolute Gasteiger partial charge is 0.264 e. The first-order valence-corrected chi connectivity index (χ1v) is 10.9. The highest BCUT2D eigenvalue weighted by atomic mass is 16.2. The van der Waals surface area contributed by atoms with Crippen LogP contribution >= 0.6 is 0 Å². The number of nitrogens with one attached hydrogen (secondary N) is 1. The zero-order valence-corrected chi connectivity index (χ0v) is 19.0. The molecule has 1 fully saturated rings. The molecule has 1 unspecified atom stereocenters. The quantitative estimate of drug-likeness (QED) is 0.796. The third-order valence-electron chi connectivity index (χ3n) is 6.51. The first-order chi connectivity index (χ1) is 15.2. The first kappa shape index (κ1) is 21.8. The summed E-state index contributed by atoms with van der Waals surface area (Å²) in [6, 6.07) is 11.4. The molecular formula is C24H29N5O3. The average molecular weight is 436 g/mol. The number of piperidine rings is 1. The van der Waals surface area contributed by atoms with E-state index < -0.39 is 5.54 Å². The average Bonchev–Trinajstić information content (AvgIpc) is 3.10. The maximum Gasteiger partial charge on any atom is 0.264 e. The summed E-state index contributed by atoms with van der Waals surface area (Å²) in [4.78, 5) is 47.3. The van der Waals surface area contributed by atoms with Gasteiger partial charge >= 0.3 is 0 Å². The largest absolute Gasteiger partial charge is 0.349 e. The summed E-state index contributed by atoms with van der Waals surface area (Å²) in [5.74, 6) is 0.141. The summed E-state index contributed by atoms with van der Waals surface area (Å²) in [5, 5.41) is 2.82. The topological polar surface area (TPSA) is 87.0 Å². The normalized spacial score (nSPS) is 18.3. The van der Waals surface area contributed by atoms with E-state index in [9.17, 15) is 14.4 Å². The fourth-order valence-corrected chi connectivity index (χ4v) is 4.39. The highest BCUT2D eigenvalue weighted by Gasteiger charge is 2.47. The second kappa shape index (κ2) is 8.26. The number of nitrogens with zero attached hydrogens (tertiary/aromatic N) is 4. The van der Waals surface area contributed by atoms with Crippen LogP contribution in [0, 0.1) is 6.92 Å². The number of hydrogen-bond donors (Lipinski definition) is 1. The van der Waals surface area contributed by atoms with Gasteiger partial charge in [0.1, 0.15) is 11.1 Å². The summed E-state index contributed by atoms with van der Waals surface area (Å²) in [5.41, 5.74) is 0.726. The minimum absolute atomic E-state index is 0.122. The van der Waals surface area contributed by atoms with E-state index in [0.717, 1.165) is 5.56 Å². The van der Waals surface area contributed by atoms with E-state index in [4.69, 9.17) is 0 Å². The van der Waals surface area contributed by atoms with Crippen molar-refractivity contribution in [2.45, 2.75) is 38.3 Å². The summed E-state index contributed by atoms with van der Waals surface area (Å²) < 4.78 is 1.61. The van der Waals surface area contributed by atoms with Gasteiger partial charge in [0.15, 0.2) is 0 Å². The Morgan fingerprint density at radius 3 is 2.38 bits per heavy atom. The van der Waals surface area contributed by atoms with Crippen LogP contribution in [0.1, 0.15) is 47.3 Å². The number of aliphatic imine (C=N–C) groups is 1. The molecule has 2 aliphatic rings. The number of aryl methyl sites for hydroxylation is 1. The predicted octanol–water partition coefficient (Wildman–Crippen LogP) is 1.79. The molecule has 8 nitrogen and oxygen atoms in total. The van der Waals surface area contributed by atoms with Gasteiger partial charge in [-0.3, -0.25) is 19.7 Å². The van der Waals surface area contributed by atoms with Crippen LogP contribution in [0.25, 0.3) is 0 Å². The van der Waals surface area contributed by atoms with Crippen LogP contribution in [0.4, 0.5) is 0 Å². The van der Waals surface area contributed by atoms with Gasteiger partial charge in [0, 0.05) is 33.4 Å². The molecule has 1 spiro atoms. The third kappa shape index (κ3) is 3.70. The SMILES string of the molecule is Cc1ccn(C(C)c2ccccc2)c(=O)c1C(=O)N1CCC2(CC1)N=C(N(C)C)NC2=O. The Labute approximate surface area is 187 Å². The molecule has 2 aromatic rings. The van der Waals surface area contributed by atoms with Gasteiger partial charge in [0.2, 0.25) is 5.96 Å².